The molecule has 128 valence electrons. The zero-order valence-corrected chi connectivity index (χ0v) is 15.0. The molecule has 1 heterocycles. The van der Waals surface area contributed by atoms with Gasteiger partial charge in [-0.1, -0.05) is 23.4 Å². The van der Waals surface area contributed by atoms with Crippen molar-refractivity contribution in [1.29, 1.82) is 0 Å². The van der Waals surface area contributed by atoms with Gasteiger partial charge in [-0.15, -0.1) is 11.3 Å². The molecule has 1 amide bonds. The lowest BCUT2D eigenvalue weighted by Gasteiger charge is -2.06. The van der Waals surface area contributed by atoms with Gasteiger partial charge in [0.15, 0.2) is 4.34 Å². The Balaban J connectivity index is 1.58. The molecule has 8 heteroatoms. The Morgan fingerprint density at radius 2 is 1.88 bits per heavy atom. The number of carbonyl (C=O) groups is 1. The van der Waals surface area contributed by atoms with Gasteiger partial charge in [-0.25, -0.2) is 13.8 Å². The third-order valence-electron chi connectivity index (χ3n) is 3.16. The van der Waals surface area contributed by atoms with Crippen molar-refractivity contribution >= 4 is 46.3 Å². The van der Waals surface area contributed by atoms with E-state index in [0.29, 0.717) is 5.69 Å². The number of aromatic nitrogens is 1. The fraction of sp³-hybridized carbons (Fsp3) is 0.0588. The monoisotopic (exact) mass is 396 g/mol. The van der Waals surface area contributed by atoms with Crippen LogP contribution < -0.4 is 5.32 Å². The Bertz CT molecular complexity index is 900. The van der Waals surface area contributed by atoms with Crippen molar-refractivity contribution in [2.45, 2.75) is 4.34 Å². The van der Waals surface area contributed by atoms with Gasteiger partial charge >= 0.3 is 0 Å². The standard InChI is InChI=1S/C17H11ClF2N2OS2/c18-13-7-12(20)5-6-14(13)21-16(23)9-25-17-22-15(8-24-17)10-1-3-11(19)4-2-10/h1-8H,9H2,(H,21,23). The Labute approximate surface area is 156 Å². The molecular formula is C17H11ClF2N2OS2. The number of carbonyl (C=O) groups excluding carboxylic acids is 1. The smallest absolute Gasteiger partial charge is 0.234 e. The average Bonchev–Trinajstić information content (AvgIpc) is 3.05. The topological polar surface area (TPSA) is 42.0 Å². The third kappa shape index (κ3) is 4.78. The molecule has 0 radical (unpaired) electrons. The second-order valence-electron chi connectivity index (χ2n) is 4.97. The molecule has 3 rings (SSSR count). The summed E-state index contributed by atoms with van der Waals surface area (Å²) in [6, 6.07) is 9.84. The summed E-state index contributed by atoms with van der Waals surface area (Å²) in [6.07, 6.45) is 0. The van der Waals surface area contributed by atoms with Gasteiger partial charge in [0.2, 0.25) is 5.91 Å². The largest absolute Gasteiger partial charge is 0.324 e. The highest BCUT2D eigenvalue weighted by Crippen LogP contribution is 2.29. The molecule has 1 aromatic heterocycles. The van der Waals surface area contributed by atoms with Gasteiger partial charge in [-0.3, -0.25) is 4.79 Å². The summed E-state index contributed by atoms with van der Waals surface area (Å²) in [6.45, 7) is 0. The molecule has 25 heavy (non-hydrogen) atoms. The molecule has 2 aromatic carbocycles. The summed E-state index contributed by atoms with van der Waals surface area (Å²) >= 11 is 8.56. The molecule has 0 saturated heterocycles. The fourth-order valence-corrected chi connectivity index (χ4v) is 3.83. The van der Waals surface area contributed by atoms with Crippen LogP contribution in [0.15, 0.2) is 52.2 Å². The molecule has 0 aliphatic heterocycles. The molecule has 0 spiro atoms. The van der Waals surface area contributed by atoms with Gasteiger partial charge in [-0.05, 0) is 42.5 Å². The van der Waals surface area contributed by atoms with Crippen LogP contribution in [0.5, 0.6) is 0 Å². The van der Waals surface area contributed by atoms with Crippen LogP contribution in [0.1, 0.15) is 0 Å². The summed E-state index contributed by atoms with van der Waals surface area (Å²) in [5, 5.41) is 4.63. The summed E-state index contributed by atoms with van der Waals surface area (Å²) in [7, 11) is 0. The maximum absolute atomic E-state index is 13.0. The van der Waals surface area contributed by atoms with E-state index in [1.807, 2.05) is 5.38 Å². The van der Waals surface area contributed by atoms with Gasteiger partial charge in [0, 0.05) is 10.9 Å². The normalized spacial score (nSPS) is 10.7. The van der Waals surface area contributed by atoms with Gasteiger partial charge in [0.1, 0.15) is 11.6 Å². The van der Waals surface area contributed by atoms with Gasteiger partial charge in [0.25, 0.3) is 0 Å². The molecule has 0 aliphatic carbocycles. The number of hydrogen-bond donors (Lipinski definition) is 1. The number of benzene rings is 2. The molecule has 0 unspecified atom stereocenters. The summed E-state index contributed by atoms with van der Waals surface area (Å²) in [4.78, 5) is 16.4. The zero-order chi connectivity index (χ0) is 17.8. The van der Waals surface area contributed by atoms with E-state index in [-0.39, 0.29) is 22.5 Å². The van der Waals surface area contributed by atoms with E-state index in [1.165, 1.54) is 47.4 Å². The average molecular weight is 397 g/mol. The van der Waals surface area contributed by atoms with Gasteiger partial charge in [0.05, 0.1) is 22.2 Å². The van der Waals surface area contributed by atoms with Crippen LogP contribution in [-0.4, -0.2) is 16.6 Å². The lowest BCUT2D eigenvalue weighted by Crippen LogP contribution is -2.14. The number of nitrogens with zero attached hydrogens (tertiary/aromatic N) is 1. The minimum atomic E-state index is -0.464. The highest BCUT2D eigenvalue weighted by molar-refractivity contribution is 8.01. The van der Waals surface area contributed by atoms with E-state index in [2.05, 4.69) is 10.3 Å². The Morgan fingerprint density at radius 3 is 2.60 bits per heavy atom. The number of thiazole rings is 1. The van der Waals surface area contributed by atoms with Crippen LogP contribution in [0, 0.1) is 11.6 Å². The van der Waals surface area contributed by atoms with Crippen molar-refractivity contribution in [1.82, 2.24) is 4.98 Å². The van der Waals surface area contributed by atoms with Crippen LogP contribution in [0.2, 0.25) is 5.02 Å². The number of nitrogens with one attached hydrogen (secondary N) is 1. The molecule has 0 fully saturated rings. The molecule has 3 aromatic rings. The van der Waals surface area contributed by atoms with Crippen molar-refractivity contribution in [3.63, 3.8) is 0 Å². The molecule has 0 bridgehead atoms. The first kappa shape index (κ1) is 17.8. The van der Waals surface area contributed by atoms with Crippen molar-refractivity contribution in [3.8, 4) is 11.3 Å². The molecule has 0 aliphatic rings. The van der Waals surface area contributed by atoms with Crippen molar-refractivity contribution in [2.75, 3.05) is 11.1 Å². The van der Waals surface area contributed by atoms with Crippen LogP contribution in [0.25, 0.3) is 11.3 Å². The Hall–Kier alpha value is -1.96. The number of halogens is 3. The van der Waals surface area contributed by atoms with Crippen molar-refractivity contribution in [3.05, 3.63) is 64.5 Å². The maximum atomic E-state index is 13.0. The molecule has 3 nitrogen and oxygen atoms in total. The maximum Gasteiger partial charge on any atom is 0.234 e. The molecule has 1 N–H and O–H groups in total. The number of thioether (sulfide) groups is 1. The lowest BCUT2D eigenvalue weighted by molar-refractivity contribution is -0.113. The fourth-order valence-electron chi connectivity index (χ4n) is 1.98. The first-order valence-electron chi connectivity index (χ1n) is 7.10. The van der Waals surface area contributed by atoms with Crippen LogP contribution in [0.3, 0.4) is 0 Å². The summed E-state index contributed by atoms with van der Waals surface area (Å²) in [5.74, 6) is -0.889. The van der Waals surface area contributed by atoms with Crippen molar-refractivity contribution < 1.29 is 13.6 Å². The van der Waals surface area contributed by atoms with Gasteiger partial charge < -0.3 is 5.32 Å². The quantitative estimate of drug-likeness (QED) is 0.581. The third-order valence-corrected chi connectivity index (χ3v) is 5.49. The highest BCUT2D eigenvalue weighted by atomic mass is 35.5. The Morgan fingerprint density at radius 1 is 1.16 bits per heavy atom. The minimum absolute atomic E-state index is 0.143. The van der Waals surface area contributed by atoms with E-state index < -0.39 is 5.82 Å². The Kier molecular flexibility index (Phi) is 5.67. The van der Waals surface area contributed by atoms with E-state index in [4.69, 9.17) is 11.6 Å². The predicted molar refractivity (Wildman–Crippen MR) is 98.3 cm³/mol. The van der Waals surface area contributed by atoms with E-state index in [9.17, 15) is 13.6 Å². The van der Waals surface area contributed by atoms with Crippen LogP contribution in [-0.2, 0) is 4.79 Å². The molecule has 0 atom stereocenters. The SMILES string of the molecule is O=C(CSc1nc(-c2ccc(F)cc2)cs1)Nc1ccc(F)cc1Cl. The van der Waals surface area contributed by atoms with Crippen LogP contribution >= 0.6 is 34.7 Å². The first-order chi connectivity index (χ1) is 12.0. The number of hydrogen-bond acceptors (Lipinski definition) is 4. The minimum Gasteiger partial charge on any atom is -0.324 e. The zero-order valence-electron chi connectivity index (χ0n) is 12.6. The molecular weight excluding hydrogens is 386 g/mol. The summed E-state index contributed by atoms with van der Waals surface area (Å²) < 4.78 is 26.7. The van der Waals surface area contributed by atoms with Gasteiger partial charge in [-0.2, -0.15) is 0 Å². The van der Waals surface area contributed by atoms with E-state index >= 15 is 0 Å². The van der Waals surface area contributed by atoms with E-state index in [1.54, 1.807) is 12.1 Å². The first-order valence-corrected chi connectivity index (χ1v) is 9.35. The lowest BCUT2D eigenvalue weighted by atomic mass is 10.2. The highest BCUT2D eigenvalue weighted by Gasteiger charge is 2.10. The van der Waals surface area contributed by atoms with Crippen LogP contribution in [0.4, 0.5) is 14.5 Å². The van der Waals surface area contributed by atoms with Crippen molar-refractivity contribution in [2.24, 2.45) is 0 Å². The number of anilines is 1. The molecule has 0 saturated carbocycles. The second-order valence-corrected chi connectivity index (χ2v) is 7.45. The number of rotatable bonds is 5. The predicted octanol–water partition coefficient (Wildman–Crippen LogP) is 5.47. The number of amides is 1. The summed E-state index contributed by atoms with van der Waals surface area (Å²) in [5.41, 5.74) is 1.90. The second kappa shape index (κ2) is 7.95. The van der Waals surface area contributed by atoms with E-state index in [0.717, 1.165) is 21.7 Å².